The number of oxime groups is 1. The summed E-state index contributed by atoms with van der Waals surface area (Å²) in [7, 11) is 0. The predicted octanol–water partition coefficient (Wildman–Crippen LogP) is 0.710. The second-order valence-corrected chi connectivity index (χ2v) is 3.58. The number of amidine groups is 1. The van der Waals surface area contributed by atoms with Crippen molar-refractivity contribution < 1.29 is 9.62 Å². The van der Waals surface area contributed by atoms with E-state index in [-0.39, 0.29) is 5.84 Å². The van der Waals surface area contributed by atoms with Crippen LogP contribution in [0.25, 0.3) is 0 Å². The van der Waals surface area contributed by atoms with Gasteiger partial charge < -0.3 is 15.4 Å². The fourth-order valence-corrected chi connectivity index (χ4v) is 1.74. The van der Waals surface area contributed by atoms with Gasteiger partial charge >= 0.3 is 0 Å². The molecule has 0 amide bonds. The quantitative estimate of drug-likeness (QED) is 0.350. The van der Waals surface area contributed by atoms with E-state index in [2.05, 4.69) is 20.3 Å². The van der Waals surface area contributed by atoms with Crippen LogP contribution >= 0.6 is 11.8 Å². The summed E-state index contributed by atoms with van der Waals surface area (Å²) in [5, 5.41) is 20.0. The predicted molar refractivity (Wildman–Crippen MR) is 55.2 cm³/mol. The third-order valence-electron chi connectivity index (χ3n) is 1.66. The normalized spacial score (nSPS) is 11.6. The molecular formula is C8H7N5O2S. The Balaban J connectivity index is 2.34. The van der Waals surface area contributed by atoms with E-state index in [0.29, 0.717) is 15.8 Å². The van der Waals surface area contributed by atoms with Crippen molar-refractivity contribution in [2.45, 2.75) is 10.2 Å². The molecule has 16 heavy (non-hydrogen) atoms. The van der Waals surface area contributed by atoms with Gasteiger partial charge in [-0.1, -0.05) is 5.16 Å². The number of aromatic nitrogens is 3. The fraction of sp³-hybridized carbons (Fsp3) is 0. The zero-order chi connectivity index (χ0) is 11.4. The lowest BCUT2D eigenvalue weighted by Crippen LogP contribution is -2.15. The average Bonchev–Trinajstić information content (AvgIpc) is 2.82. The zero-order valence-corrected chi connectivity index (χ0v) is 8.76. The smallest absolute Gasteiger partial charge is 0.262 e. The van der Waals surface area contributed by atoms with Gasteiger partial charge in [0.05, 0.1) is 18.0 Å². The second kappa shape index (κ2) is 4.62. The maximum Gasteiger partial charge on any atom is 0.262 e. The van der Waals surface area contributed by atoms with E-state index < -0.39 is 0 Å². The fourth-order valence-electron chi connectivity index (χ4n) is 0.986. The summed E-state index contributed by atoms with van der Waals surface area (Å²) in [5.74, 6) is -0.0380. The molecule has 7 nitrogen and oxygen atoms in total. The van der Waals surface area contributed by atoms with E-state index in [1.165, 1.54) is 18.7 Å². The van der Waals surface area contributed by atoms with Crippen LogP contribution in [0.3, 0.4) is 0 Å². The van der Waals surface area contributed by atoms with Gasteiger partial charge in [0, 0.05) is 0 Å². The van der Waals surface area contributed by atoms with Crippen molar-refractivity contribution in [2.24, 2.45) is 10.9 Å². The standard InChI is InChI=1S/C8H7N5O2S/c9-6(13-14)5-1-2-11-12-7(5)16-8-10-3-4-15-8/h1-4,14H,(H2,9,13). The molecule has 0 saturated carbocycles. The first-order valence-corrected chi connectivity index (χ1v) is 5.00. The lowest BCUT2D eigenvalue weighted by Gasteiger charge is -2.02. The Kier molecular flexibility index (Phi) is 3.01. The van der Waals surface area contributed by atoms with Crippen LogP contribution in [0.2, 0.25) is 0 Å². The van der Waals surface area contributed by atoms with Crippen LogP contribution in [0.4, 0.5) is 0 Å². The number of nitrogens with zero attached hydrogens (tertiary/aromatic N) is 4. The molecule has 0 radical (unpaired) electrons. The Labute approximate surface area is 94.4 Å². The number of hydrogen-bond acceptors (Lipinski definition) is 7. The minimum Gasteiger partial charge on any atom is -0.440 e. The Morgan fingerprint density at radius 2 is 2.38 bits per heavy atom. The molecule has 0 unspecified atom stereocenters. The van der Waals surface area contributed by atoms with Gasteiger partial charge in [-0.05, 0) is 17.8 Å². The van der Waals surface area contributed by atoms with Gasteiger partial charge in [-0.2, -0.15) is 5.10 Å². The molecule has 0 spiro atoms. The van der Waals surface area contributed by atoms with Gasteiger partial charge in [0.1, 0.15) is 11.3 Å². The van der Waals surface area contributed by atoms with E-state index in [0.717, 1.165) is 11.8 Å². The molecule has 0 aromatic carbocycles. The second-order valence-electron chi connectivity index (χ2n) is 2.64. The largest absolute Gasteiger partial charge is 0.440 e. The van der Waals surface area contributed by atoms with Gasteiger partial charge in [-0.3, -0.25) is 0 Å². The highest BCUT2D eigenvalue weighted by atomic mass is 32.2. The van der Waals surface area contributed by atoms with Crippen LogP contribution in [0.5, 0.6) is 0 Å². The first kappa shape index (κ1) is 10.4. The summed E-state index contributed by atoms with van der Waals surface area (Å²) < 4.78 is 5.05. The van der Waals surface area contributed by atoms with Crippen LogP contribution < -0.4 is 5.73 Å². The van der Waals surface area contributed by atoms with E-state index in [9.17, 15) is 0 Å². The summed E-state index contributed by atoms with van der Waals surface area (Å²) in [5.41, 5.74) is 5.96. The summed E-state index contributed by atoms with van der Waals surface area (Å²) in [6.45, 7) is 0. The first-order chi connectivity index (χ1) is 7.81. The van der Waals surface area contributed by atoms with Crippen LogP contribution in [-0.4, -0.2) is 26.2 Å². The molecule has 0 aliphatic heterocycles. The van der Waals surface area contributed by atoms with E-state index in [4.69, 9.17) is 15.4 Å². The highest BCUT2D eigenvalue weighted by Gasteiger charge is 2.12. The van der Waals surface area contributed by atoms with Crippen LogP contribution in [0.1, 0.15) is 5.56 Å². The van der Waals surface area contributed by atoms with Crippen molar-refractivity contribution in [3.63, 3.8) is 0 Å². The highest BCUT2D eigenvalue weighted by Crippen LogP contribution is 2.26. The molecule has 0 bridgehead atoms. The lowest BCUT2D eigenvalue weighted by molar-refractivity contribution is 0.318. The summed E-state index contributed by atoms with van der Waals surface area (Å²) in [4.78, 5) is 3.92. The SMILES string of the molecule is N/C(=N/O)c1ccnnc1Sc1ncco1. The molecule has 8 heteroatoms. The molecule has 2 aromatic rings. The van der Waals surface area contributed by atoms with Crippen molar-refractivity contribution in [1.29, 1.82) is 0 Å². The molecule has 82 valence electrons. The maximum absolute atomic E-state index is 8.61. The highest BCUT2D eigenvalue weighted by molar-refractivity contribution is 7.99. The number of oxazole rings is 1. The lowest BCUT2D eigenvalue weighted by atomic mass is 10.3. The summed E-state index contributed by atoms with van der Waals surface area (Å²) in [6, 6.07) is 1.59. The third-order valence-corrected chi connectivity index (χ3v) is 2.54. The van der Waals surface area contributed by atoms with E-state index in [1.807, 2.05) is 0 Å². The molecule has 0 aliphatic rings. The van der Waals surface area contributed by atoms with E-state index >= 15 is 0 Å². The molecule has 0 fully saturated rings. The summed E-state index contributed by atoms with van der Waals surface area (Å²) >= 11 is 1.14. The maximum atomic E-state index is 8.61. The third kappa shape index (κ3) is 2.11. The van der Waals surface area contributed by atoms with Gasteiger partial charge in [0.15, 0.2) is 5.84 Å². The van der Waals surface area contributed by atoms with Crippen molar-refractivity contribution in [3.8, 4) is 0 Å². The Bertz CT molecular complexity index is 499. The molecule has 2 aromatic heterocycles. The average molecular weight is 237 g/mol. The van der Waals surface area contributed by atoms with Gasteiger partial charge in [-0.15, -0.1) is 5.10 Å². The van der Waals surface area contributed by atoms with Crippen molar-refractivity contribution in [1.82, 2.24) is 15.2 Å². The number of rotatable bonds is 3. The van der Waals surface area contributed by atoms with Gasteiger partial charge in [-0.25, -0.2) is 4.98 Å². The molecule has 0 aliphatic carbocycles. The van der Waals surface area contributed by atoms with E-state index in [1.54, 1.807) is 6.07 Å². The first-order valence-electron chi connectivity index (χ1n) is 4.18. The Hall–Kier alpha value is -2.09. The van der Waals surface area contributed by atoms with Gasteiger partial charge in [0.2, 0.25) is 0 Å². The minimum absolute atomic E-state index is 0.0380. The number of hydrogen-bond donors (Lipinski definition) is 2. The Morgan fingerprint density at radius 3 is 3.06 bits per heavy atom. The van der Waals surface area contributed by atoms with Crippen LogP contribution in [0, 0.1) is 0 Å². The zero-order valence-electron chi connectivity index (χ0n) is 7.94. The minimum atomic E-state index is -0.0380. The monoisotopic (exact) mass is 237 g/mol. The molecule has 3 N–H and O–H groups in total. The molecule has 0 atom stereocenters. The van der Waals surface area contributed by atoms with Crippen molar-refractivity contribution in [2.75, 3.05) is 0 Å². The Morgan fingerprint density at radius 1 is 1.50 bits per heavy atom. The van der Waals surface area contributed by atoms with Crippen LogP contribution in [-0.2, 0) is 0 Å². The van der Waals surface area contributed by atoms with Crippen LogP contribution in [0.15, 0.2) is 44.5 Å². The number of nitrogens with two attached hydrogens (primary N) is 1. The summed E-state index contributed by atoms with van der Waals surface area (Å²) in [6.07, 6.45) is 4.41. The molecule has 2 rings (SSSR count). The van der Waals surface area contributed by atoms with Crippen molar-refractivity contribution in [3.05, 3.63) is 30.3 Å². The molecule has 0 saturated heterocycles. The topological polar surface area (TPSA) is 110 Å². The molecule has 2 heterocycles. The molecular weight excluding hydrogens is 230 g/mol. The van der Waals surface area contributed by atoms with Crippen molar-refractivity contribution >= 4 is 17.6 Å². The van der Waals surface area contributed by atoms with Gasteiger partial charge in [0.25, 0.3) is 5.22 Å².